The number of carbonyl (C=O) groups is 1. The fourth-order valence-electron chi connectivity index (χ4n) is 2.15. The Morgan fingerprint density at radius 3 is 2.71 bits per heavy atom. The van der Waals surface area contributed by atoms with Gasteiger partial charge in [0.2, 0.25) is 0 Å². The van der Waals surface area contributed by atoms with Gasteiger partial charge in [0.05, 0.1) is 6.61 Å². The zero-order valence-electron chi connectivity index (χ0n) is 8.15. The third-order valence-electron chi connectivity index (χ3n) is 2.86. The molecule has 5 heteroatoms. The van der Waals surface area contributed by atoms with Crippen molar-refractivity contribution in [2.45, 2.75) is 25.1 Å². The van der Waals surface area contributed by atoms with Crippen LogP contribution in [0.4, 0.5) is 0 Å². The lowest BCUT2D eigenvalue weighted by Gasteiger charge is -2.32. The molecule has 0 spiro atoms. The van der Waals surface area contributed by atoms with E-state index in [2.05, 4.69) is 10.2 Å². The fourth-order valence-corrected chi connectivity index (χ4v) is 2.15. The first-order valence-corrected chi connectivity index (χ1v) is 4.95. The van der Waals surface area contributed by atoms with Gasteiger partial charge in [-0.25, -0.2) is 0 Å². The van der Waals surface area contributed by atoms with E-state index in [1.807, 2.05) is 0 Å². The molecule has 0 aromatic rings. The van der Waals surface area contributed by atoms with Gasteiger partial charge in [-0.05, 0) is 25.9 Å². The summed E-state index contributed by atoms with van der Waals surface area (Å²) in [5, 5.41) is 3.32. The Labute approximate surface area is 90.4 Å². The fraction of sp³-hybridized carbons (Fsp3) is 0.889. The van der Waals surface area contributed by atoms with Crippen LogP contribution in [0, 0.1) is 0 Å². The van der Waals surface area contributed by atoms with Crippen LogP contribution in [0.25, 0.3) is 0 Å². The second-order valence-corrected chi connectivity index (χ2v) is 3.62. The minimum atomic E-state index is -0.275. The summed E-state index contributed by atoms with van der Waals surface area (Å²) in [6.45, 7) is 3.74. The van der Waals surface area contributed by atoms with Gasteiger partial charge < -0.3 is 10.1 Å². The number of halogens is 1. The molecule has 0 aromatic heterocycles. The molecule has 1 atom stereocenters. The van der Waals surface area contributed by atoms with Crippen molar-refractivity contribution in [3.05, 3.63) is 0 Å². The van der Waals surface area contributed by atoms with E-state index in [0.29, 0.717) is 12.6 Å². The molecule has 0 amide bonds. The summed E-state index contributed by atoms with van der Waals surface area (Å²) in [7, 11) is 0. The summed E-state index contributed by atoms with van der Waals surface area (Å²) in [4.78, 5) is 12.9. The molecule has 2 saturated heterocycles. The number of ether oxygens (including phenoxy) is 1. The van der Waals surface area contributed by atoms with Gasteiger partial charge in [-0.2, -0.15) is 0 Å². The lowest BCUT2D eigenvalue weighted by Crippen LogP contribution is -2.46. The monoisotopic (exact) mass is 220 g/mol. The maximum atomic E-state index is 10.7. The van der Waals surface area contributed by atoms with E-state index in [0.717, 1.165) is 38.8 Å². The average Bonchev–Trinajstić information content (AvgIpc) is 2.67. The van der Waals surface area contributed by atoms with Crippen molar-refractivity contribution >= 4 is 18.7 Å². The molecule has 0 aromatic carbocycles. The molecule has 2 fully saturated rings. The Balaban J connectivity index is 0.000000980. The van der Waals surface area contributed by atoms with Crippen molar-refractivity contribution in [2.75, 3.05) is 26.2 Å². The lowest BCUT2D eigenvalue weighted by molar-refractivity contribution is -0.123. The number of carbonyl (C=O) groups excluding carboxylic acids is 1. The van der Waals surface area contributed by atoms with Crippen molar-refractivity contribution in [3.8, 4) is 0 Å². The number of hydrogen-bond donors (Lipinski definition) is 1. The molecule has 4 nitrogen and oxygen atoms in total. The van der Waals surface area contributed by atoms with Crippen molar-refractivity contribution in [1.82, 2.24) is 10.2 Å². The second kappa shape index (κ2) is 5.66. The number of piperidine rings is 1. The van der Waals surface area contributed by atoms with Crippen LogP contribution in [-0.4, -0.2) is 49.7 Å². The van der Waals surface area contributed by atoms with E-state index < -0.39 is 0 Å². The molecule has 82 valence electrons. The maximum absolute atomic E-state index is 10.7. The van der Waals surface area contributed by atoms with E-state index in [9.17, 15) is 4.79 Å². The first kappa shape index (κ1) is 11.9. The summed E-state index contributed by atoms with van der Waals surface area (Å²) < 4.78 is 5.31. The predicted octanol–water partition coefficient (Wildman–Crippen LogP) is 0.0174. The highest BCUT2D eigenvalue weighted by atomic mass is 35.5. The van der Waals surface area contributed by atoms with Crippen molar-refractivity contribution in [1.29, 1.82) is 0 Å². The van der Waals surface area contributed by atoms with Crippen LogP contribution in [0.1, 0.15) is 12.8 Å². The van der Waals surface area contributed by atoms with Gasteiger partial charge in [0.15, 0.2) is 12.5 Å². The Bertz CT molecular complexity index is 186. The zero-order valence-corrected chi connectivity index (χ0v) is 8.96. The normalized spacial score (nSPS) is 29.9. The highest BCUT2D eigenvalue weighted by Gasteiger charge is 2.31. The highest BCUT2D eigenvalue weighted by Crippen LogP contribution is 2.18. The molecular formula is C9H17ClN2O2. The number of nitrogens with one attached hydrogen (secondary N) is 1. The number of rotatable bonds is 2. The molecule has 0 radical (unpaired) electrons. The van der Waals surface area contributed by atoms with Crippen LogP contribution < -0.4 is 5.32 Å². The first-order chi connectivity index (χ1) is 6.42. The Morgan fingerprint density at radius 2 is 2.07 bits per heavy atom. The average molecular weight is 221 g/mol. The van der Waals surface area contributed by atoms with Gasteiger partial charge in [-0.3, -0.25) is 9.69 Å². The van der Waals surface area contributed by atoms with Crippen molar-refractivity contribution < 1.29 is 9.53 Å². The second-order valence-electron chi connectivity index (χ2n) is 3.62. The molecule has 2 rings (SSSR count). The Morgan fingerprint density at radius 1 is 1.36 bits per heavy atom. The lowest BCUT2D eigenvalue weighted by atomic mass is 10.1. The third-order valence-corrected chi connectivity index (χ3v) is 2.86. The van der Waals surface area contributed by atoms with E-state index >= 15 is 0 Å². The summed E-state index contributed by atoms with van der Waals surface area (Å²) >= 11 is 0. The molecule has 1 unspecified atom stereocenters. The van der Waals surface area contributed by atoms with Crippen LogP contribution in [0.2, 0.25) is 0 Å². The minimum Gasteiger partial charge on any atom is -0.355 e. The van der Waals surface area contributed by atoms with Gasteiger partial charge in [0, 0.05) is 12.6 Å². The van der Waals surface area contributed by atoms with E-state index in [1.54, 1.807) is 0 Å². The molecular weight excluding hydrogens is 204 g/mol. The minimum absolute atomic E-state index is 0. The van der Waals surface area contributed by atoms with E-state index in [-0.39, 0.29) is 18.6 Å². The predicted molar refractivity (Wildman–Crippen MR) is 55.6 cm³/mol. The SMILES string of the molecule is Cl.O=CC1OCCN1C1CCNCC1. The summed E-state index contributed by atoms with van der Waals surface area (Å²) in [5.74, 6) is 0. The molecule has 2 heterocycles. The summed E-state index contributed by atoms with van der Waals surface area (Å²) in [6, 6.07) is 0.541. The smallest absolute Gasteiger partial charge is 0.167 e. The van der Waals surface area contributed by atoms with Gasteiger partial charge in [0.1, 0.15) is 0 Å². The van der Waals surface area contributed by atoms with Gasteiger partial charge >= 0.3 is 0 Å². The summed E-state index contributed by atoms with van der Waals surface area (Å²) in [5.41, 5.74) is 0. The maximum Gasteiger partial charge on any atom is 0.167 e. The Kier molecular flexibility index (Phi) is 4.81. The topological polar surface area (TPSA) is 41.6 Å². The van der Waals surface area contributed by atoms with Gasteiger partial charge in [-0.15, -0.1) is 12.4 Å². The summed E-state index contributed by atoms with van der Waals surface area (Å²) in [6.07, 6.45) is 2.90. The number of nitrogens with zero attached hydrogens (tertiary/aromatic N) is 1. The van der Waals surface area contributed by atoms with Gasteiger partial charge in [-0.1, -0.05) is 0 Å². The zero-order chi connectivity index (χ0) is 9.10. The molecule has 2 aliphatic rings. The van der Waals surface area contributed by atoms with Crippen LogP contribution in [-0.2, 0) is 9.53 Å². The van der Waals surface area contributed by atoms with E-state index in [1.165, 1.54) is 0 Å². The molecule has 0 saturated carbocycles. The number of hydrogen-bond acceptors (Lipinski definition) is 4. The molecule has 0 bridgehead atoms. The van der Waals surface area contributed by atoms with Gasteiger partial charge in [0.25, 0.3) is 0 Å². The van der Waals surface area contributed by atoms with Crippen LogP contribution in [0.15, 0.2) is 0 Å². The van der Waals surface area contributed by atoms with E-state index in [4.69, 9.17) is 4.74 Å². The largest absolute Gasteiger partial charge is 0.355 e. The van der Waals surface area contributed by atoms with Crippen molar-refractivity contribution in [2.24, 2.45) is 0 Å². The standard InChI is InChI=1S/C9H16N2O2.ClH/c12-7-9-11(5-6-13-9)8-1-3-10-4-2-8;/h7-10H,1-6H2;1H. The third kappa shape index (κ3) is 2.45. The van der Waals surface area contributed by atoms with Crippen LogP contribution in [0.5, 0.6) is 0 Å². The molecule has 2 aliphatic heterocycles. The highest BCUT2D eigenvalue weighted by molar-refractivity contribution is 5.85. The molecule has 0 aliphatic carbocycles. The molecule has 14 heavy (non-hydrogen) atoms. The quantitative estimate of drug-likeness (QED) is 0.667. The van der Waals surface area contributed by atoms with Crippen LogP contribution >= 0.6 is 12.4 Å². The van der Waals surface area contributed by atoms with Crippen LogP contribution in [0.3, 0.4) is 0 Å². The Hall–Kier alpha value is -0.160. The van der Waals surface area contributed by atoms with Crippen molar-refractivity contribution in [3.63, 3.8) is 0 Å². The number of aldehydes is 1. The first-order valence-electron chi connectivity index (χ1n) is 4.95. The molecule has 1 N–H and O–H groups in total.